The summed E-state index contributed by atoms with van der Waals surface area (Å²) in [6.07, 6.45) is 0. The fourth-order valence-electron chi connectivity index (χ4n) is 22.7. The molecule has 150 heavy (non-hydrogen) atoms. The lowest BCUT2D eigenvalue weighted by Gasteiger charge is -2.29. The predicted molar refractivity (Wildman–Crippen MR) is 634 cm³/mol. The standard InChI is InChI=1S/C48H31NO2.C48H31NOS.C45H31NOS/c1-3-12-32(13-4-1)34-22-26-37(27-23-34)49(44-19-11-18-41-39-16-7-9-20-45(39)51-48(41)44)38-28-24-35(25-29-38)42-30-36(33-14-5-2-6-15-33)31-43-40-17-8-10-21-46(40)50-47(42)43;1-3-11-32(12-4-1)33-19-21-34(22-20-33)35-23-25-37(26-24-35)49(38-27-28-47-43(29-38)41-16-8-10-18-46(41)51-47)39-30-42(36-13-5-2-6-14-36)48-44(31-39)40-15-7-9-17-45(40)50-48;1-45(2)39-17-9-6-14-32(39)33-22-20-30(27-40(33)45)46(29-21-23-43-37(24-29)35-16-8-11-19-42(35)48-43)31-25-36(28-12-4-3-5-13-28)44-38(26-31)34-15-7-10-18-41(34)47-44/h2*1-31H;3-27H,1-2H3. The smallest absolute Gasteiger partial charge is 0.159 e. The van der Waals surface area contributed by atoms with Gasteiger partial charge in [-0.1, -0.05) is 378 Å². The van der Waals surface area contributed by atoms with Gasteiger partial charge >= 0.3 is 0 Å². The van der Waals surface area contributed by atoms with Crippen molar-refractivity contribution in [3.8, 4) is 89.0 Å². The van der Waals surface area contributed by atoms with Gasteiger partial charge in [0, 0.05) is 151 Å². The molecule has 6 heterocycles. The maximum atomic E-state index is 6.59. The maximum absolute atomic E-state index is 6.59. The second-order valence-electron chi connectivity index (χ2n) is 39.2. The van der Waals surface area contributed by atoms with Crippen LogP contribution in [0.25, 0.3) is 217 Å². The van der Waals surface area contributed by atoms with E-state index in [9.17, 15) is 0 Å². The Morgan fingerprint density at radius 3 is 0.913 bits per heavy atom. The van der Waals surface area contributed by atoms with Gasteiger partial charge in [0.2, 0.25) is 0 Å². The molecule has 9 heteroatoms. The van der Waals surface area contributed by atoms with Crippen molar-refractivity contribution in [1.82, 2.24) is 0 Å². The highest BCUT2D eigenvalue weighted by Crippen LogP contribution is 2.55. The first kappa shape index (κ1) is 88.8. The molecule has 29 aromatic rings. The maximum Gasteiger partial charge on any atom is 0.159 e. The van der Waals surface area contributed by atoms with Crippen LogP contribution in [-0.4, -0.2) is 0 Å². The number of anilines is 9. The number of para-hydroxylation sites is 5. The number of benzene rings is 23. The van der Waals surface area contributed by atoms with Crippen LogP contribution in [0, 0.1) is 0 Å². The first-order valence-electron chi connectivity index (χ1n) is 51.0. The van der Waals surface area contributed by atoms with E-state index in [1.807, 2.05) is 65.1 Å². The molecule has 0 saturated heterocycles. The van der Waals surface area contributed by atoms with Crippen LogP contribution < -0.4 is 14.7 Å². The van der Waals surface area contributed by atoms with E-state index in [2.05, 4.69) is 514 Å². The van der Waals surface area contributed by atoms with Crippen LogP contribution in [-0.2, 0) is 5.41 Å². The summed E-state index contributed by atoms with van der Waals surface area (Å²) in [5.41, 5.74) is 38.1. The van der Waals surface area contributed by atoms with Crippen LogP contribution in [0.2, 0.25) is 0 Å². The summed E-state index contributed by atoms with van der Waals surface area (Å²) < 4.78 is 31.5. The van der Waals surface area contributed by atoms with Crippen LogP contribution >= 0.6 is 22.7 Å². The van der Waals surface area contributed by atoms with Crippen molar-refractivity contribution in [2.24, 2.45) is 0 Å². The molecule has 0 fully saturated rings. The van der Waals surface area contributed by atoms with Crippen LogP contribution in [0.4, 0.5) is 51.2 Å². The SMILES string of the molecule is CC1(C)c2ccccc2-c2ccc(N(c3ccc4sc5ccccc5c4c3)c3cc(-c4ccccc4)c4oc5ccccc5c4c3)cc21.c1ccc(-c2ccc(-c3ccc(N(c4ccc5sc6ccccc6c5c4)c4cc(-c5ccccc5)c5oc6ccccc6c5c4)cc3)cc2)cc1.c1ccc(-c2ccc(N(c3ccc(-c4cc(-c5ccccc5)cc5c4oc4ccccc45)cc3)c3cccc4c3oc3ccccc34)cc2)cc1. The molecule has 0 aliphatic heterocycles. The average Bonchev–Trinajstić information content (AvgIpc) is 1.56. The predicted octanol–water partition coefficient (Wildman–Crippen LogP) is 41.8. The van der Waals surface area contributed by atoms with Gasteiger partial charge in [0.15, 0.2) is 5.58 Å². The van der Waals surface area contributed by atoms with E-state index in [0.29, 0.717) is 0 Å². The number of fused-ring (bicyclic) bond motifs is 21. The third-order valence-corrected chi connectivity index (χ3v) is 32.3. The number of thiophene rings is 2. The minimum absolute atomic E-state index is 0.110. The molecule has 6 aromatic heterocycles. The Morgan fingerprint density at radius 1 is 0.160 bits per heavy atom. The molecule has 708 valence electrons. The van der Waals surface area contributed by atoms with E-state index in [1.54, 1.807) is 0 Å². The Hall–Kier alpha value is -18.9. The molecule has 0 unspecified atom stereocenters. The van der Waals surface area contributed by atoms with Crippen molar-refractivity contribution >= 4 is 202 Å². The summed E-state index contributed by atoms with van der Waals surface area (Å²) in [7, 11) is 0. The van der Waals surface area contributed by atoms with Gasteiger partial charge in [0.05, 0.1) is 5.69 Å². The second-order valence-corrected chi connectivity index (χ2v) is 41.4. The highest BCUT2D eigenvalue weighted by molar-refractivity contribution is 7.26. The zero-order valence-corrected chi connectivity index (χ0v) is 83.7. The van der Waals surface area contributed by atoms with Crippen molar-refractivity contribution < 1.29 is 17.7 Å². The van der Waals surface area contributed by atoms with Crippen molar-refractivity contribution in [2.75, 3.05) is 14.7 Å². The van der Waals surface area contributed by atoms with E-state index in [-0.39, 0.29) is 5.41 Å². The second kappa shape index (κ2) is 37.0. The summed E-state index contributed by atoms with van der Waals surface area (Å²) in [6, 6.07) is 189. The largest absolute Gasteiger partial charge is 0.455 e. The lowest BCUT2D eigenvalue weighted by molar-refractivity contribution is 0.660. The van der Waals surface area contributed by atoms with Gasteiger partial charge in [0.25, 0.3) is 0 Å². The van der Waals surface area contributed by atoms with Gasteiger partial charge in [0.1, 0.15) is 39.1 Å². The number of rotatable bonds is 16. The highest BCUT2D eigenvalue weighted by atomic mass is 32.1. The quantitative estimate of drug-likeness (QED) is 0.0955. The molecule has 23 aromatic carbocycles. The number of hydrogen-bond donors (Lipinski definition) is 0. The molecule has 0 saturated carbocycles. The first-order valence-corrected chi connectivity index (χ1v) is 52.6. The molecular formula is C141H93N3O4S2. The molecule has 30 rings (SSSR count). The average molecular weight is 1960 g/mol. The molecule has 0 N–H and O–H groups in total. The monoisotopic (exact) mass is 1960 g/mol. The van der Waals surface area contributed by atoms with E-state index >= 15 is 0 Å². The summed E-state index contributed by atoms with van der Waals surface area (Å²) in [4.78, 5) is 7.13. The highest BCUT2D eigenvalue weighted by Gasteiger charge is 2.37. The van der Waals surface area contributed by atoms with Crippen LogP contribution in [0.3, 0.4) is 0 Å². The van der Waals surface area contributed by atoms with Crippen LogP contribution in [0.15, 0.2) is 545 Å². The first-order chi connectivity index (χ1) is 74.1. The topological polar surface area (TPSA) is 62.3 Å². The van der Waals surface area contributed by atoms with Crippen molar-refractivity contribution in [3.05, 3.63) is 539 Å². The molecule has 1 aliphatic rings. The number of hydrogen-bond acceptors (Lipinski definition) is 9. The Labute approximate surface area is 874 Å². The van der Waals surface area contributed by atoms with E-state index < -0.39 is 0 Å². The Morgan fingerprint density at radius 2 is 0.453 bits per heavy atom. The van der Waals surface area contributed by atoms with Gasteiger partial charge in [-0.3, -0.25) is 0 Å². The van der Waals surface area contributed by atoms with Gasteiger partial charge in [-0.05, 0) is 247 Å². The minimum Gasteiger partial charge on any atom is -0.455 e. The Balaban J connectivity index is 0.000000108. The Bertz CT molecular complexity index is 10200. The lowest BCUT2D eigenvalue weighted by Crippen LogP contribution is -2.16. The zero-order valence-electron chi connectivity index (χ0n) is 82.0. The summed E-state index contributed by atoms with van der Waals surface area (Å²) in [5.74, 6) is 0. The van der Waals surface area contributed by atoms with Crippen LogP contribution in [0.1, 0.15) is 25.0 Å². The third kappa shape index (κ3) is 15.7. The third-order valence-electron chi connectivity index (χ3n) is 30.0. The molecule has 7 nitrogen and oxygen atoms in total. The van der Waals surface area contributed by atoms with Crippen molar-refractivity contribution in [1.29, 1.82) is 0 Å². The van der Waals surface area contributed by atoms with Crippen LogP contribution in [0.5, 0.6) is 0 Å². The van der Waals surface area contributed by atoms with E-state index in [4.69, 9.17) is 17.7 Å². The van der Waals surface area contributed by atoms with E-state index in [1.165, 1.54) is 102 Å². The molecule has 1 aliphatic carbocycles. The number of furan rings is 4. The molecular weight excluding hydrogens is 1860 g/mol. The fraction of sp³-hybridized carbons (Fsp3) is 0.0213. The normalized spacial score (nSPS) is 12.1. The summed E-state index contributed by atoms with van der Waals surface area (Å²) in [5, 5.41) is 14.0. The summed E-state index contributed by atoms with van der Waals surface area (Å²) in [6.45, 7) is 4.71. The molecule has 0 spiro atoms. The minimum atomic E-state index is -0.110. The van der Waals surface area contributed by atoms with Crippen molar-refractivity contribution in [3.63, 3.8) is 0 Å². The molecule has 0 bridgehead atoms. The van der Waals surface area contributed by atoms with Crippen molar-refractivity contribution in [2.45, 2.75) is 19.3 Å². The van der Waals surface area contributed by atoms with E-state index in [0.717, 1.165) is 178 Å². The fourth-order valence-corrected chi connectivity index (χ4v) is 24.8. The number of nitrogens with zero attached hydrogens (tertiary/aromatic N) is 3. The summed E-state index contributed by atoms with van der Waals surface area (Å²) >= 11 is 3.70. The molecule has 0 radical (unpaired) electrons. The Kier molecular flexibility index (Phi) is 21.9. The zero-order chi connectivity index (χ0) is 99.4. The molecule has 0 amide bonds. The lowest BCUT2D eigenvalue weighted by atomic mass is 9.82. The van der Waals surface area contributed by atoms with Gasteiger partial charge in [-0.25, -0.2) is 0 Å². The van der Waals surface area contributed by atoms with Gasteiger partial charge in [-0.2, -0.15) is 0 Å². The van der Waals surface area contributed by atoms with Gasteiger partial charge < -0.3 is 32.4 Å². The molecule has 0 atom stereocenters. The van der Waals surface area contributed by atoms with Gasteiger partial charge in [-0.15, -0.1) is 22.7 Å².